The number of hydrogen-bond donors (Lipinski definition) is 2. The molecule has 0 radical (unpaired) electrons. The molecule has 0 atom stereocenters. The van der Waals surface area contributed by atoms with Gasteiger partial charge in [-0.25, -0.2) is 9.50 Å². The molecule has 0 saturated heterocycles. The molecular weight excluding hydrogens is 176 g/mol. The van der Waals surface area contributed by atoms with E-state index in [9.17, 15) is 0 Å². The van der Waals surface area contributed by atoms with Crippen LogP contribution in [-0.2, 0) is 6.54 Å². The third kappa shape index (κ3) is 0.885. The molecule has 0 aliphatic rings. The average molecular weight is 186 g/mol. The normalized spacial score (nSPS) is 11.5. The van der Waals surface area contributed by atoms with E-state index in [1.54, 1.807) is 0 Å². The van der Waals surface area contributed by atoms with E-state index >= 15 is 0 Å². The summed E-state index contributed by atoms with van der Waals surface area (Å²) in [6.07, 6.45) is 1.87. The zero-order valence-corrected chi connectivity index (χ0v) is 7.57. The minimum Gasteiger partial charge on any atom is -0.326 e. The largest absolute Gasteiger partial charge is 0.326 e. The smallest absolute Gasteiger partial charge is 0.154 e. The molecule has 4 nitrogen and oxygen atoms in total. The number of imidazole rings is 1. The fraction of sp³-hybridized carbons (Fsp3) is 0.100. The molecule has 0 spiro atoms. The quantitative estimate of drug-likeness (QED) is 0.601. The van der Waals surface area contributed by atoms with Crippen molar-refractivity contribution in [3.63, 3.8) is 0 Å². The number of H-pyrrole nitrogens is 1. The van der Waals surface area contributed by atoms with Gasteiger partial charge in [0.15, 0.2) is 5.65 Å². The van der Waals surface area contributed by atoms with Crippen molar-refractivity contribution in [2.75, 3.05) is 0 Å². The monoisotopic (exact) mass is 186 g/mol. The van der Waals surface area contributed by atoms with Gasteiger partial charge in [-0.2, -0.15) is 0 Å². The van der Waals surface area contributed by atoms with E-state index in [-0.39, 0.29) is 0 Å². The van der Waals surface area contributed by atoms with Gasteiger partial charge in [0.25, 0.3) is 0 Å². The Balaban J connectivity index is 2.43. The highest BCUT2D eigenvalue weighted by molar-refractivity contribution is 5.80. The maximum absolute atomic E-state index is 5.57. The van der Waals surface area contributed by atoms with Crippen molar-refractivity contribution in [1.82, 2.24) is 14.6 Å². The highest BCUT2D eigenvalue weighted by atomic mass is 15.3. The van der Waals surface area contributed by atoms with Gasteiger partial charge < -0.3 is 5.73 Å². The highest BCUT2D eigenvalue weighted by Crippen LogP contribution is 2.16. The van der Waals surface area contributed by atoms with Crippen LogP contribution < -0.4 is 5.73 Å². The zero-order chi connectivity index (χ0) is 9.54. The van der Waals surface area contributed by atoms with Crippen molar-refractivity contribution in [1.29, 1.82) is 0 Å². The van der Waals surface area contributed by atoms with Crippen molar-refractivity contribution >= 4 is 16.7 Å². The Kier molecular flexibility index (Phi) is 1.40. The van der Waals surface area contributed by atoms with Gasteiger partial charge in [0, 0.05) is 18.8 Å². The summed E-state index contributed by atoms with van der Waals surface area (Å²) < 4.78 is 1.95. The van der Waals surface area contributed by atoms with Crippen LogP contribution in [0.3, 0.4) is 0 Å². The van der Waals surface area contributed by atoms with E-state index in [0.717, 1.165) is 22.2 Å². The molecule has 3 rings (SSSR count). The van der Waals surface area contributed by atoms with Gasteiger partial charge in [-0.3, -0.25) is 5.10 Å². The molecular formula is C10H10N4. The van der Waals surface area contributed by atoms with Crippen LogP contribution in [0.2, 0.25) is 0 Å². The predicted octanol–water partition coefficient (Wildman–Crippen LogP) is 1.27. The van der Waals surface area contributed by atoms with Crippen LogP contribution in [0.4, 0.5) is 0 Å². The molecule has 2 heterocycles. The van der Waals surface area contributed by atoms with Gasteiger partial charge in [0.2, 0.25) is 0 Å². The van der Waals surface area contributed by atoms with Gasteiger partial charge >= 0.3 is 0 Å². The Bertz CT molecular complexity index is 590. The summed E-state index contributed by atoms with van der Waals surface area (Å²) in [5, 5.41) is 3.10. The van der Waals surface area contributed by atoms with Gasteiger partial charge in [-0.05, 0) is 17.7 Å². The lowest BCUT2D eigenvalue weighted by Gasteiger charge is -1.95. The Morgan fingerprint density at radius 3 is 3.14 bits per heavy atom. The number of nitrogens with one attached hydrogen (secondary N) is 1. The second kappa shape index (κ2) is 2.59. The van der Waals surface area contributed by atoms with Crippen molar-refractivity contribution in [2.24, 2.45) is 5.73 Å². The minimum absolute atomic E-state index is 0.557. The van der Waals surface area contributed by atoms with Crippen LogP contribution in [0.25, 0.3) is 16.7 Å². The maximum Gasteiger partial charge on any atom is 0.154 e. The summed E-state index contributed by atoms with van der Waals surface area (Å²) in [5.41, 5.74) is 9.69. The SMILES string of the molecule is NCc1ccc2c(c1)nc1cc[nH]n12. The number of fused-ring (bicyclic) bond motifs is 3. The zero-order valence-electron chi connectivity index (χ0n) is 7.57. The molecule has 0 unspecified atom stereocenters. The summed E-state index contributed by atoms with van der Waals surface area (Å²) in [6.45, 7) is 0.557. The van der Waals surface area contributed by atoms with Crippen LogP contribution in [0.15, 0.2) is 30.5 Å². The standard InChI is InChI=1S/C10H10N4/c11-6-7-1-2-9-8(5-7)13-10-3-4-12-14(9)10/h1-5,12H,6,11H2. The molecule has 0 aliphatic carbocycles. The lowest BCUT2D eigenvalue weighted by Crippen LogP contribution is -1.95. The van der Waals surface area contributed by atoms with E-state index in [2.05, 4.69) is 10.1 Å². The summed E-state index contributed by atoms with van der Waals surface area (Å²) in [7, 11) is 0. The average Bonchev–Trinajstić information content (AvgIpc) is 2.75. The number of nitrogens with zero attached hydrogens (tertiary/aromatic N) is 2. The summed E-state index contributed by atoms with van der Waals surface area (Å²) in [4.78, 5) is 4.46. The number of rotatable bonds is 1. The molecule has 14 heavy (non-hydrogen) atoms. The van der Waals surface area contributed by atoms with Crippen molar-refractivity contribution in [3.05, 3.63) is 36.0 Å². The van der Waals surface area contributed by atoms with Crippen LogP contribution >= 0.6 is 0 Å². The maximum atomic E-state index is 5.57. The summed E-state index contributed by atoms with van der Waals surface area (Å²) >= 11 is 0. The van der Waals surface area contributed by atoms with E-state index in [1.807, 2.05) is 35.0 Å². The first kappa shape index (κ1) is 7.58. The molecule has 2 aromatic heterocycles. The molecule has 3 N–H and O–H groups in total. The molecule has 0 saturated carbocycles. The van der Waals surface area contributed by atoms with E-state index in [1.165, 1.54) is 0 Å². The third-order valence-corrected chi connectivity index (χ3v) is 2.42. The first-order valence-corrected chi connectivity index (χ1v) is 4.53. The van der Waals surface area contributed by atoms with Crippen molar-refractivity contribution < 1.29 is 0 Å². The third-order valence-electron chi connectivity index (χ3n) is 2.42. The van der Waals surface area contributed by atoms with Gasteiger partial charge in [0.1, 0.15) is 0 Å². The number of hydrogen-bond acceptors (Lipinski definition) is 2. The Labute approximate surface area is 80.3 Å². The second-order valence-corrected chi connectivity index (χ2v) is 3.30. The number of aromatic nitrogens is 3. The number of benzene rings is 1. The van der Waals surface area contributed by atoms with Crippen LogP contribution in [0.1, 0.15) is 5.56 Å². The topological polar surface area (TPSA) is 59.1 Å². The predicted molar refractivity (Wildman–Crippen MR) is 54.9 cm³/mol. The summed E-state index contributed by atoms with van der Waals surface area (Å²) in [6, 6.07) is 8.03. The van der Waals surface area contributed by atoms with Crippen LogP contribution in [-0.4, -0.2) is 14.6 Å². The van der Waals surface area contributed by atoms with Crippen LogP contribution in [0.5, 0.6) is 0 Å². The molecule has 3 aromatic rings. The molecule has 0 amide bonds. The molecule has 70 valence electrons. The molecule has 0 bridgehead atoms. The van der Waals surface area contributed by atoms with E-state index in [0.29, 0.717) is 6.54 Å². The van der Waals surface area contributed by atoms with Crippen molar-refractivity contribution in [2.45, 2.75) is 6.54 Å². The van der Waals surface area contributed by atoms with Gasteiger partial charge in [-0.15, -0.1) is 0 Å². The van der Waals surface area contributed by atoms with Gasteiger partial charge in [-0.1, -0.05) is 6.07 Å². The molecule has 0 aliphatic heterocycles. The highest BCUT2D eigenvalue weighted by Gasteiger charge is 2.04. The van der Waals surface area contributed by atoms with Gasteiger partial charge in [0.05, 0.1) is 11.0 Å². The van der Waals surface area contributed by atoms with Crippen molar-refractivity contribution in [3.8, 4) is 0 Å². The Hall–Kier alpha value is -1.81. The lowest BCUT2D eigenvalue weighted by molar-refractivity contribution is 1.01. The minimum atomic E-state index is 0.557. The number of nitrogens with two attached hydrogens (primary N) is 1. The fourth-order valence-electron chi connectivity index (χ4n) is 1.71. The van der Waals surface area contributed by atoms with Crippen LogP contribution in [0, 0.1) is 0 Å². The Morgan fingerprint density at radius 1 is 1.36 bits per heavy atom. The first-order valence-electron chi connectivity index (χ1n) is 4.53. The fourth-order valence-corrected chi connectivity index (χ4v) is 1.71. The van der Waals surface area contributed by atoms with E-state index < -0.39 is 0 Å². The molecule has 1 aromatic carbocycles. The second-order valence-electron chi connectivity index (χ2n) is 3.30. The first-order chi connectivity index (χ1) is 6.88. The lowest BCUT2D eigenvalue weighted by atomic mass is 10.2. The number of aromatic amines is 1. The Morgan fingerprint density at radius 2 is 2.29 bits per heavy atom. The summed E-state index contributed by atoms with van der Waals surface area (Å²) in [5.74, 6) is 0. The van der Waals surface area contributed by atoms with E-state index in [4.69, 9.17) is 5.73 Å². The molecule has 0 fully saturated rings. The molecule has 4 heteroatoms.